The van der Waals surface area contributed by atoms with Gasteiger partial charge in [0, 0.05) is 6.54 Å². The highest BCUT2D eigenvalue weighted by molar-refractivity contribution is 5.31. The fourth-order valence-corrected chi connectivity index (χ4v) is 1.70. The summed E-state index contributed by atoms with van der Waals surface area (Å²) < 4.78 is 6.01. The molecule has 0 aliphatic rings. The second-order valence-corrected chi connectivity index (χ2v) is 4.47. The monoisotopic (exact) mass is 235 g/mol. The Hall–Kier alpha value is -1.02. The topological polar surface area (TPSA) is 21.3 Å². The minimum atomic E-state index is 0.271. The van der Waals surface area contributed by atoms with E-state index in [2.05, 4.69) is 32.2 Å². The third-order valence-corrected chi connectivity index (χ3v) is 2.92. The highest BCUT2D eigenvalue weighted by atomic mass is 16.5. The minimum Gasteiger partial charge on any atom is -0.489 e. The number of hydrogen-bond acceptors (Lipinski definition) is 2. The third kappa shape index (κ3) is 5.22. The first-order valence-electron chi connectivity index (χ1n) is 6.70. The van der Waals surface area contributed by atoms with E-state index in [0.29, 0.717) is 0 Å². The highest BCUT2D eigenvalue weighted by Gasteiger charge is 2.08. The Morgan fingerprint density at radius 1 is 1.24 bits per heavy atom. The summed E-state index contributed by atoms with van der Waals surface area (Å²) in [7, 11) is 0. The first-order valence-corrected chi connectivity index (χ1v) is 6.70. The van der Waals surface area contributed by atoms with E-state index in [-0.39, 0.29) is 6.10 Å². The number of unbranched alkanes of at least 4 members (excludes halogenated alkanes) is 1. The Bertz CT molecular complexity index is 312. The van der Waals surface area contributed by atoms with Gasteiger partial charge in [0.05, 0.1) is 0 Å². The fourth-order valence-electron chi connectivity index (χ4n) is 1.70. The maximum absolute atomic E-state index is 6.01. The van der Waals surface area contributed by atoms with Gasteiger partial charge in [-0.15, -0.1) is 0 Å². The number of rotatable bonds is 8. The predicted molar refractivity (Wildman–Crippen MR) is 73.7 cm³/mol. The molecule has 0 amide bonds. The van der Waals surface area contributed by atoms with E-state index < -0.39 is 0 Å². The zero-order valence-electron chi connectivity index (χ0n) is 11.3. The molecule has 1 aromatic carbocycles. The molecule has 0 aromatic heterocycles. The summed E-state index contributed by atoms with van der Waals surface area (Å²) >= 11 is 0. The molecule has 0 heterocycles. The summed E-state index contributed by atoms with van der Waals surface area (Å²) in [5, 5.41) is 3.45. The van der Waals surface area contributed by atoms with E-state index in [4.69, 9.17) is 4.74 Å². The molecule has 1 N–H and O–H groups in total. The Morgan fingerprint density at radius 3 is 2.65 bits per heavy atom. The highest BCUT2D eigenvalue weighted by Crippen LogP contribution is 2.18. The lowest BCUT2D eigenvalue weighted by Crippen LogP contribution is -2.31. The van der Waals surface area contributed by atoms with Crippen molar-refractivity contribution in [3.63, 3.8) is 0 Å². The number of para-hydroxylation sites is 1. The van der Waals surface area contributed by atoms with Gasteiger partial charge in [0.15, 0.2) is 0 Å². The standard InChI is InChI=1S/C15H25NO/c1-4-6-11-16-12-14(5-2)17-15-10-8-7-9-13(15)3/h7-10,14,16H,4-6,11-12H2,1-3H3. The van der Waals surface area contributed by atoms with Crippen LogP contribution in [0.25, 0.3) is 0 Å². The molecule has 2 heteroatoms. The third-order valence-electron chi connectivity index (χ3n) is 2.92. The molecule has 0 aliphatic carbocycles. The van der Waals surface area contributed by atoms with Crippen LogP contribution in [0, 0.1) is 6.92 Å². The zero-order valence-corrected chi connectivity index (χ0v) is 11.3. The SMILES string of the molecule is CCCCNCC(CC)Oc1ccccc1C. The summed E-state index contributed by atoms with van der Waals surface area (Å²) in [4.78, 5) is 0. The van der Waals surface area contributed by atoms with E-state index in [1.807, 2.05) is 18.2 Å². The van der Waals surface area contributed by atoms with E-state index >= 15 is 0 Å². The van der Waals surface area contributed by atoms with Gasteiger partial charge < -0.3 is 10.1 Å². The number of benzene rings is 1. The van der Waals surface area contributed by atoms with Crippen molar-refractivity contribution in [1.29, 1.82) is 0 Å². The summed E-state index contributed by atoms with van der Waals surface area (Å²) in [6, 6.07) is 8.21. The zero-order chi connectivity index (χ0) is 12.5. The molecule has 96 valence electrons. The number of hydrogen-bond donors (Lipinski definition) is 1. The lowest BCUT2D eigenvalue weighted by atomic mass is 10.2. The molecule has 1 aromatic rings. The summed E-state index contributed by atoms with van der Waals surface area (Å²) in [5.74, 6) is 1.01. The Balaban J connectivity index is 2.38. The molecule has 0 fully saturated rings. The van der Waals surface area contributed by atoms with Crippen LogP contribution in [0.1, 0.15) is 38.7 Å². The molecule has 1 rings (SSSR count). The molecule has 0 saturated carbocycles. The molecule has 0 radical (unpaired) electrons. The summed E-state index contributed by atoms with van der Waals surface area (Å²) in [5.41, 5.74) is 1.21. The molecule has 2 nitrogen and oxygen atoms in total. The van der Waals surface area contributed by atoms with Crippen molar-refractivity contribution in [3.05, 3.63) is 29.8 Å². The van der Waals surface area contributed by atoms with Crippen molar-refractivity contribution in [1.82, 2.24) is 5.32 Å². The van der Waals surface area contributed by atoms with Crippen LogP contribution in [0.5, 0.6) is 5.75 Å². The van der Waals surface area contributed by atoms with E-state index in [1.54, 1.807) is 0 Å². The Labute approximate surface area is 105 Å². The van der Waals surface area contributed by atoms with Gasteiger partial charge in [-0.05, 0) is 37.9 Å². The predicted octanol–water partition coefficient (Wildman–Crippen LogP) is 3.54. The van der Waals surface area contributed by atoms with Crippen molar-refractivity contribution in [2.75, 3.05) is 13.1 Å². The van der Waals surface area contributed by atoms with Crippen LogP contribution < -0.4 is 10.1 Å². The number of nitrogens with one attached hydrogen (secondary N) is 1. The average molecular weight is 235 g/mol. The van der Waals surface area contributed by atoms with Crippen molar-refractivity contribution < 1.29 is 4.74 Å². The van der Waals surface area contributed by atoms with Crippen molar-refractivity contribution in [3.8, 4) is 5.75 Å². The molecule has 0 spiro atoms. The van der Waals surface area contributed by atoms with Crippen LogP contribution in [0.2, 0.25) is 0 Å². The van der Waals surface area contributed by atoms with Gasteiger partial charge in [-0.25, -0.2) is 0 Å². The fraction of sp³-hybridized carbons (Fsp3) is 0.600. The number of aryl methyl sites for hydroxylation is 1. The van der Waals surface area contributed by atoms with Crippen molar-refractivity contribution in [2.45, 2.75) is 46.1 Å². The molecule has 1 unspecified atom stereocenters. The maximum atomic E-state index is 6.01. The van der Waals surface area contributed by atoms with Crippen LogP contribution in [0.15, 0.2) is 24.3 Å². The summed E-state index contributed by atoms with van der Waals surface area (Å²) in [6.07, 6.45) is 3.78. The van der Waals surface area contributed by atoms with Crippen LogP contribution in [0.3, 0.4) is 0 Å². The van der Waals surface area contributed by atoms with Crippen LogP contribution in [-0.4, -0.2) is 19.2 Å². The average Bonchev–Trinajstić information content (AvgIpc) is 2.35. The van der Waals surface area contributed by atoms with Crippen molar-refractivity contribution in [2.24, 2.45) is 0 Å². The first kappa shape index (κ1) is 14.0. The quantitative estimate of drug-likeness (QED) is 0.696. The van der Waals surface area contributed by atoms with Crippen molar-refractivity contribution >= 4 is 0 Å². The second kappa shape index (κ2) is 8.13. The van der Waals surface area contributed by atoms with Gasteiger partial charge in [0.25, 0.3) is 0 Å². The Morgan fingerprint density at radius 2 is 2.00 bits per heavy atom. The van der Waals surface area contributed by atoms with E-state index in [9.17, 15) is 0 Å². The Kier molecular flexibility index (Phi) is 6.71. The van der Waals surface area contributed by atoms with Gasteiger partial charge >= 0.3 is 0 Å². The maximum Gasteiger partial charge on any atom is 0.122 e. The molecular weight excluding hydrogens is 210 g/mol. The molecule has 17 heavy (non-hydrogen) atoms. The number of ether oxygens (including phenoxy) is 1. The van der Waals surface area contributed by atoms with Gasteiger partial charge in [0.2, 0.25) is 0 Å². The van der Waals surface area contributed by atoms with Gasteiger partial charge in [-0.3, -0.25) is 0 Å². The molecule has 0 bridgehead atoms. The van der Waals surface area contributed by atoms with E-state index in [1.165, 1.54) is 18.4 Å². The largest absolute Gasteiger partial charge is 0.489 e. The minimum absolute atomic E-state index is 0.271. The lowest BCUT2D eigenvalue weighted by molar-refractivity contribution is 0.192. The molecule has 1 atom stereocenters. The van der Waals surface area contributed by atoms with E-state index in [0.717, 1.165) is 25.3 Å². The molecule has 0 aliphatic heterocycles. The first-order chi connectivity index (χ1) is 8.27. The summed E-state index contributed by atoms with van der Waals surface area (Å²) in [6.45, 7) is 8.49. The molecule has 0 saturated heterocycles. The van der Waals surface area contributed by atoms with Crippen LogP contribution in [-0.2, 0) is 0 Å². The van der Waals surface area contributed by atoms with Crippen LogP contribution >= 0.6 is 0 Å². The second-order valence-electron chi connectivity index (χ2n) is 4.47. The van der Waals surface area contributed by atoms with Crippen LogP contribution in [0.4, 0.5) is 0 Å². The van der Waals surface area contributed by atoms with Gasteiger partial charge in [-0.2, -0.15) is 0 Å². The van der Waals surface area contributed by atoms with Gasteiger partial charge in [-0.1, -0.05) is 38.5 Å². The molecular formula is C15H25NO. The smallest absolute Gasteiger partial charge is 0.122 e. The van der Waals surface area contributed by atoms with Gasteiger partial charge in [0.1, 0.15) is 11.9 Å². The normalized spacial score (nSPS) is 12.4. The lowest BCUT2D eigenvalue weighted by Gasteiger charge is -2.19.